The molecule has 3 heteroatoms. The second kappa shape index (κ2) is 7.34. The molecular weight excluding hydrogens is 212 g/mol. The summed E-state index contributed by atoms with van der Waals surface area (Å²) < 4.78 is 0. The number of hydrogen-bond donors (Lipinski definition) is 2. The average molecular weight is 242 g/mol. The van der Waals surface area contributed by atoms with Crippen molar-refractivity contribution in [2.75, 3.05) is 26.2 Å². The van der Waals surface area contributed by atoms with Gasteiger partial charge in [-0.1, -0.05) is 19.8 Å². The molecule has 17 heavy (non-hydrogen) atoms. The molecule has 0 amide bonds. The van der Waals surface area contributed by atoms with Crippen LogP contribution in [0, 0.1) is 5.92 Å². The van der Waals surface area contributed by atoms with Gasteiger partial charge in [0.1, 0.15) is 0 Å². The van der Waals surface area contributed by atoms with E-state index in [2.05, 4.69) is 11.8 Å². The molecule has 0 aromatic carbocycles. The number of rotatable bonds is 7. The summed E-state index contributed by atoms with van der Waals surface area (Å²) in [5, 5.41) is 9.07. The smallest absolute Gasteiger partial charge is 0.0608 e. The molecule has 3 N–H and O–H groups in total. The predicted octanol–water partition coefficient (Wildman–Crippen LogP) is 1.99. The summed E-state index contributed by atoms with van der Waals surface area (Å²) in [5.74, 6) is 0.918. The first kappa shape index (κ1) is 14.9. The van der Waals surface area contributed by atoms with E-state index < -0.39 is 0 Å². The fourth-order valence-corrected chi connectivity index (χ4v) is 2.63. The number of hydrogen-bond acceptors (Lipinski definition) is 3. The Morgan fingerprint density at radius 3 is 2.82 bits per heavy atom. The Balaban J connectivity index is 2.10. The molecule has 0 spiro atoms. The van der Waals surface area contributed by atoms with Crippen molar-refractivity contribution >= 4 is 0 Å². The van der Waals surface area contributed by atoms with Crippen LogP contribution in [0.1, 0.15) is 52.4 Å². The molecular formula is C14H30N2O. The van der Waals surface area contributed by atoms with Gasteiger partial charge in [-0.05, 0) is 51.6 Å². The van der Waals surface area contributed by atoms with Crippen LogP contribution in [0.3, 0.4) is 0 Å². The fourth-order valence-electron chi connectivity index (χ4n) is 2.63. The molecule has 1 fully saturated rings. The minimum atomic E-state index is -0.381. The van der Waals surface area contributed by atoms with Gasteiger partial charge in [0.05, 0.1) is 6.61 Å². The van der Waals surface area contributed by atoms with Crippen molar-refractivity contribution in [3.63, 3.8) is 0 Å². The Morgan fingerprint density at radius 1 is 1.41 bits per heavy atom. The van der Waals surface area contributed by atoms with Crippen LogP contribution < -0.4 is 5.73 Å². The molecule has 0 radical (unpaired) electrons. The normalized spacial score (nSPS) is 25.8. The quantitative estimate of drug-likeness (QED) is 0.671. The lowest BCUT2D eigenvalue weighted by atomic mass is 9.94. The summed E-state index contributed by atoms with van der Waals surface area (Å²) in [6.45, 7) is 8.09. The largest absolute Gasteiger partial charge is 0.394 e. The number of aliphatic hydroxyl groups is 1. The van der Waals surface area contributed by atoms with E-state index in [4.69, 9.17) is 10.8 Å². The van der Waals surface area contributed by atoms with Crippen molar-refractivity contribution < 1.29 is 5.11 Å². The van der Waals surface area contributed by atoms with Crippen LogP contribution in [0.2, 0.25) is 0 Å². The lowest BCUT2D eigenvalue weighted by Gasteiger charge is -2.32. The zero-order chi connectivity index (χ0) is 12.7. The molecule has 2 unspecified atom stereocenters. The second-order valence-corrected chi connectivity index (χ2v) is 5.99. The van der Waals surface area contributed by atoms with Crippen molar-refractivity contribution in [2.45, 2.75) is 57.9 Å². The first-order chi connectivity index (χ1) is 8.07. The van der Waals surface area contributed by atoms with Gasteiger partial charge in [-0.25, -0.2) is 0 Å². The fraction of sp³-hybridized carbons (Fsp3) is 1.00. The highest BCUT2D eigenvalue weighted by molar-refractivity contribution is 4.77. The molecule has 0 aliphatic carbocycles. The van der Waals surface area contributed by atoms with Crippen LogP contribution in [0.15, 0.2) is 0 Å². The van der Waals surface area contributed by atoms with Gasteiger partial charge in [0.25, 0.3) is 0 Å². The molecule has 1 heterocycles. The minimum absolute atomic E-state index is 0.0919. The lowest BCUT2D eigenvalue weighted by Crippen LogP contribution is -2.40. The third-order valence-electron chi connectivity index (χ3n) is 4.01. The van der Waals surface area contributed by atoms with Crippen molar-refractivity contribution in [1.82, 2.24) is 4.90 Å². The van der Waals surface area contributed by atoms with Crippen LogP contribution in [-0.4, -0.2) is 41.8 Å². The monoisotopic (exact) mass is 242 g/mol. The van der Waals surface area contributed by atoms with Gasteiger partial charge in [-0.2, -0.15) is 0 Å². The van der Waals surface area contributed by atoms with Gasteiger partial charge in [0, 0.05) is 12.1 Å². The highest BCUT2D eigenvalue weighted by Crippen LogP contribution is 2.19. The Hall–Kier alpha value is -0.120. The Bertz CT molecular complexity index is 206. The number of aliphatic hydroxyl groups excluding tert-OH is 1. The van der Waals surface area contributed by atoms with E-state index in [-0.39, 0.29) is 12.1 Å². The maximum absolute atomic E-state index is 9.07. The van der Waals surface area contributed by atoms with E-state index in [1.165, 1.54) is 45.3 Å². The summed E-state index contributed by atoms with van der Waals surface area (Å²) in [6, 6.07) is 0. The SMILES string of the molecule is CCC1CCCN(CCCCC(C)(N)CO)C1. The van der Waals surface area contributed by atoms with Crippen molar-refractivity contribution in [3.05, 3.63) is 0 Å². The molecule has 1 saturated heterocycles. The Morgan fingerprint density at radius 2 is 2.18 bits per heavy atom. The van der Waals surface area contributed by atoms with Gasteiger partial charge < -0.3 is 15.7 Å². The third kappa shape index (κ3) is 5.84. The summed E-state index contributed by atoms with van der Waals surface area (Å²) in [6.07, 6.45) is 7.36. The van der Waals surface area contributed by atoms with Gasteiger partial charge in [-0.15, -0.1) is 0 Å². The molecule has 0 aromatic heterocycles. The first-order valence-electron chi connectivity index (χ1n) is 7.19. The van der Waals surface area contributed by atoms with E-state index in [0.29, 0.717) is 0 Å². The maximum atomic E-state index is 9.07. The van der Waals surface area contributed by atoms with E-state index >= 15 is 0 Å². The van der Waals surface area contributed by atoms with Crippen LogP contribution in [0.4, 0.5) is 0 Å². The lowest BCUT2D eigenvalue weighted by molar-refractivity contribution is 0.163. The van der Waals surface area contributed by atoms with Crippen LogP contribution in [-0.2, 0) is 0 Å². The summed E-state index contributed by atoms with van der Waals surface area (Å²) in [4.78, 5) is 2.60. The topological polar surface area (TPSA) is 49.5 Å². The van der Waals surface area contributed by atoms with Gasteiger partial charge in [0.15, 0.2) is 0 Å². The number of nitrogens with zero attached hydrogens (tertiary/aromatic N) is 1. The summed E-state index contributed by atoms with van der Waals surface area (Å²) in [7, 11) is 0. The number of likely N-dealkylation sites (tertiary alicyclic amines) is 1. The van der Waals surface area contributed by atoms with E-state index in [0.717, 1.165) is 18.8 Å². The second-order valence-electron chi connectivity index (χ2n) is 5.99. The zero-order valence-corrected chi connectivity index (χ0v) is 11.6. The molecule has 0 bridgehead atoms. The molecule has 0 aromatic rings. The zero-order valence-electron chi connectivity index (χ0n) is 11.6. The number of nitrogens with two attached hydrogens (primary N) is 1. The van der Waals surface area contributed by atoms with E-state index in [1.54, 1.807) is 0 Å². The minimum Gasteiger partial charge on any atom is -0.394 e. The molecule has 2 atom stereocenters. The first-order valence-corrected chi connectivity index (χ1v) is 7.19. The molecule has 1 aliphatic heterocycles. The van der Waals surface area contributed by atoms with Gasteiger partial charge >= 0.3 is 0 Å². The molecule has 0 saturated carbocycles. The van der Waals surface area contributed by atoms with Crippen molar-refractivity contribution in [1.29, 1.82) is 0 Å². The van der Waals surface area contributed by atoms with Crippen molar-refractivity contribution in [3.8, 4) is 0 Å². The third-order valence-corrected chi connectivity index (χ3v) is 4.01. The number of unbranched alkanes of at least 4 members (excludes halogenated alkanes) is 1. The molecule has 102 valence electrons. The predicted molar refractivity (Wildman–Crippen MR) is 73.0 cm³/mol. The average Bonchev–Trinajstić information content (AvgIpc) is 2.35. The van der Waals surface area contributed by atoms with E-state index in [1.807, 2.05) is 6.92 Å². The summed E-state index contributed by atoms with van der Waals surface area (Å²) >= 11 is 0. The van der Waals surface area contributed by atoms with E-state index in [9.17, 15) is 0 Å². The Kier molecular flexibility index (Phi) is 6.45. The molecule has 1 rings (SSSR count). The van der Waals surface area contributed by atoms with Crippen molar-refractivity contribution in [2.24, 2.45) is 11.7 Å². The highest BCUT2D eigenvalue weighted by Gasteiger charge is 2.19. The van der Waals surface area contributed by atoms with Crippen LogP contribution >= 0.6 is 0 Å². The standard InChI is InChI=1S/C14H30N2O/c1-3-13-7-6-10-16(11-13)9-5-4-8-14(2,15)12-17/h13,17H,3-12,15H2,1-2H3. The molecule has 1 aliphatic rings. The number of piperidine rings is 1. The van der Waals surface area contributed by atoms with Crippen LogP contribution in [0.5, 0.6) is 0 Å². The highest BCUT2D eigenvalue weighted by atomic mass is 16.3. The summed E-state index contributed by atoms with van der Waals surface area (Å²) in [5.41, 5.74) is 5.53. The van der Waals surface area contributed by atoms with Crippen LogP contribution in [0.25, 0.3) is 0 Å². The van der Waals surface area contributed by atoms with Gasteiger partial charge in [-0.3, -0.25) is 0 Å². The van der Waals surface area contributed by atoms with Gasteiger partial charge in [0.2, 0.25) is 0 Å². The maximum Gasteiger partial charge on any atom is 0.0608 e. The molecule has 3 nitrogen and oxygen atoms in total. The Labute approximate surface area is 106 Å².